The van der Waals surface area contributed by atoms with E-state index in [2.05, 4.69) is 93.4 Å². The number of aryl methyl sites for hydroxylation is 1. The average Bonchev–Trinajstić information content (AvgIpc) is 3.16. The Balaban J connectivity index is 1.82. The monoisotopic (exact) mass is 370 g/mol. The van der Waals surface area contributed by atoms with E-state index in [4.69, 9.17) is 4.98 Å². The summed E-state index contributed by atoms with van der Waals surface area (Å²) in [5, 5.41) is 2.46. The van der Waals surface area contributed by atoms with Crippen molar-refractivity contribution < 1.29 is 9.38 Å². The number of pyridine rings is 1. The maximum atomic E-state index is 4.73. The number of aromatic nitrogens is 2. The van der Waals surface area contributed by atoms with E-state index in [1.165, 1.54) is 32.4 Å². The van der Waals surface area contributed by atoms with Crippen LogP contribution in [0.25, 0.3) is 27.6 Å². The standard InChI is InChI=1S/C24H25N4/c1-17-15-21-20-11-8-12-25-24(20)27(19-9-6-5-7-10-19)23(21)16-22(17)26-13-14-28(3,4)18(26)2/h5-16,18H,1-4H3/q+1/p+1. The highest BCUT2D eigenvalue weighted by Crippen LogP contribution is 2.33. The van der Waals surface area contributed by atoms with Crippen LogP contribution in [-0.4, -0.2) is 34.3 Å². The average molecular weight is 371 g/mol. The van der Waals surface area contributed by atoms with Crippen LogP contribution >= 0.6 is 0 Å². The van der Waals surface area contributed by atoms with Crippen molar-refractivity contribution >= 4 is 27.6 Å². The second kappa shape index (κ2) is 6.03. The van der Waals surface area contributed by atoms with Crippen molar-refractivity contribution in [3.8, 4) is 5.69 Å². The smallest absolute Gasteiger partial charge is 0.225 e. The number of rotatable bonds is 2. The first kappa shape index (κ1) is 17.2. The van der Waals surface area contributed by atoms with Crippen LogP contribution in [-0.2, 0) is 0 Å². The fourth-order valence-corrected chi connectivity index (χ4v) is 4.36. The van der Waals surface area contributed by atoms with Crippen LogP contribution in [0, 0.1) is 6.92 Å². The zero-order chi connectivity index (χ0) is 19.5. The summed E-state index contributed by atoms with van der Waals surface area (Å²) in [6.07, 6.45) is 6.90. The molecule has 0 aliphatic carbocycles. The molecule has 2 unspecified atom stereocenters. The fraction of sp³-hybridized carbons (Fsp3) is 0.208. The summed E-state index contributed by atoms with van der Waals surface area (Å²) < 4.78 is 3.17. The maximum absolute atomic E-state index is 4.73. The van der Waals surface area contributed by atoms with Gasteiger partial charge in [-0.3, -0.25) is 4.57 Å². The quantitative estimate of drug-likeness (QED) is 0.531. The van der Waals surface area contributed by atoms with Crippen molar-refractivity contribution in [2.45, 2.75) is 20.0 Å². The van der Waals surface area contributed by atoms with E-state index in [1.54, 1.807) is 0 Å². The first-order valence-electron chi connectivity index (χ1n) is 9.82. The van der Waals surface area contributed by atoms with E-state index in [9.17, 15) is 0 Å². The molecule has 5 rings (SSSR count). The molecule has 3 heterocycles. The highest BCUT2D eigenvalue weighted by atomic mass is 15.5. The Morgan fingerprint density at radius 1 is 1.00 bits per heavy atom. The zero-order valence-electron chi connectivity index (χ0n) is 16.8. The van der Waals surface area contributed by atoms with Gasteiger partial charge in [-0.25, -0.2) is 14.4 Å². The third kappa shape index (κ3) is 2.42. The molecule has 2 aromatic heterocycles. The molecule has 4 heteroatoms. The number of benzene rings is 2. The van der Waals surface area contributed by atoms with E-state index in [0.29, 0.717) is 6.17 Å². The van der Waals surface area contributed by atoms with E-state index in [-0.39, 0.29) is 0 Å². The Morgan fingerprint density at radius 3 is 2.50 bits per heavy atom. The van der Waals surface area contributed by atoms with Gasteiger partial charge < -0.3 is 0 Å². The Hall–Kier alpha value is -2.95. The SMILES string of the molecule is Cc1cc2c3cccnc3n(-c3ccccc3)c2cc1[NH+]1C=C[N+](C)(C)C1C. The molecular weight excluding hydrogens is 344 g/mol. The summed E-state index contributed by atoms with van der Waals surface area (Å²) >= 11 is 0. The van der Waals surface area contributed by atoms with Gasteiger partial charge in [0, 0.05) is 41.2 Å². The maximum Gasteiger partial charge on any atom is 0.225 e. The van der Waals surface area contributed by atoms with Gasteiger partial charge in [-0.15, -0.1) is 0 Å². The minimum Gasteiger partial charge on any atom is -0.294 e. The van der Waals surface area contributed by atoms with Gasteiger partial charge in [0.1, 0.15) is 11.3 Å². The normalized spacial score (nSPS) is 21.0. The van der Waals surface area contributed by atoms with Crippen LogP contribution in [0.2, 0.25) is 0 Å². The number of nitrogens with zero attached hydrogens (tertiary/aromatic N) is 3. The fourth-order valence-electron chi connectivity index (χ4n) is 4.36. The Morgan fingerprint density at radius 2 is 1.79 bits per heavy atom. The number of hydrogen-bond acceptors (Lipinski definition) is 1. The van der Waals surface area contributed by atoms with Crippen LogP contribution in [0.1, 0.15) is 12.5 Å². The molecule has 2 atom stereocenters. The molecule has 0 radical (unpaired) electrons. The Kier molecular flexibility index (Phi) is 3.69. The summed E-state index contributed by atoms with van der Waals surface area (Å²) in [4.78, 5) is 6.13. The molecule has 0 amide bonds. The molecule has 2 aromatic carbocycles. The molecule has 28 heavy (non-hydrogen) atoms. The molecule has 0 spiro atoms. The van der Waals surface area contributed by atoms with Crippen LogP contribution in [0.4, 0.5) is 5.69 Å². The second-order valence-electron chi connectivity index (χ2n) is 8.31. The largest absolute Gasteiger partial charge is 0.294 e. The molecule has 1 aliphatic rings. The van der Waals surface area contributed by atoms with Crippen molar-refractivity contribution in [1.29, 1.82) is 0 Å². The first-order chi connectivity index (χ1) is 13.5. The minimum atomic E-state index is 0.434. The lowest BCUT2D eigenvalue weighted by atomic mass is 10.1. The summed E-state index contributed by atoms with van der Waals surface area (Å²) in [6.45, 7) is 4.54. The summed E-state index contributed by atoms with van der Waals surface area (Å²) in [5.74, 6) is 0. The van der Waals surface area contributed by atoms with E-state index >= 15 is 0 Å². The highest BCUT2D eigenvalue weighted by molar-refractivity contribution is 6.08. The van der Waals surface area contributed by atoms with Gasteiger partial charge in [-0.2, -0.15) is 0 Å². The van der Waals surface area contributed by atoms with E-state index in [1.807, 2.05) is 12.3 Å². The zero-order valence-corrected chi connectivity index (χ0v) is 16.8. The van der Waals surface area contributed by atoms with Crippen molar-refractivity contribution in [3.63, 3.8) is 0 Å². The van der Waals surface area contributed by atoms with Crippen LogP contribution in [0.3, 0.4) is 0 Å². The number of fused-ring (bicyclic) bond motifs is 3. The van der Waals surface area contributed by atoms with Gasteiger partial charge in [-0.1, -0.05) is 18.2 Å². The Bertz CT molecular complexity index is 1220. The summed E-state index contributed by atoms with van der Waals surface area (Å²) in [7, 11) is 4.51. The lowest BCUT2D eigenvalue weighted by Crippen LogP contribution is -3.07. The van der Waals surface area contributed by atoms with Crippen LogP contribution in [0.5, 0.6) is 0 Å². The highest BCUT2D eigenvalue weighted by Gasteiger charge is 2.39. The summed E-state index contributed by atoms with van der Waals surface area (Å²) in [6, 6.07) is 19.4. The molecule has 1 aliphatic heterocycles. The van der Waals surface area contributed by atoms with Crippen molar-refractivity contribution in [2.75, 3.05) is 14.1 Å². The molecule has 1 N–H and O–H groups in total. The number of nitrogens with one attached hydrogen (secondary N) is 1. The minimum absolute atomic E-state index is 0.434. The molecule has 0 saturated heterocycles. The molecule has 4 aromatic rings. The van der Waals surface area contributed by atoms with Gasteiger partial charge in [-0.05, 0) is 37.3 Å². The van der Waals surface area contributed by atoms with Gasteiger partial charge in [0.2, 0.25) is 6.17 Å². The second-order valence-corrected chi connectivity index (χ2v) is 8.31. The predicted octanol–water partition coefficient (Wildman–Crippen LogP) is 3.91. The molecule has 4 nitrogen and oxygen atoms in total. The molecular formula is C24H26N4+2. The first-order valence-corrected chi connectivity index (χ1v) is 9.82. The Labute approximate surface area is 165 Å². The molecule has 0 bridgehead atoms. The lowest BCUT2D eigenvalue weighted by molar-refractivity contribution is -1.01. The predicted molar refractivity (Wildman–Crippen MR) is 115 cm³/mol. The lowest BCUT2D eigenvalue weighted by Gasteiger charge is -2.28. The number of quaternary nitrogens is 2. The van der Waals surface area contributed by atoms with Gasteiger partial charge >= 0.3 is 0 Å². The third-order valence-electron chi connectivity index (χ3n) is 6.28. The van der Waals surface area contributed by atoms with E-state index < -0.39 is 0 Å². The van der Waals surface area contributed by atoms with Gasteiger partial charge in [0.05, 0.1) is 19.6 Å². The molecule has 0 fully saturated rings. The number of hydrogen-bond donors (Lipinski definition) is 1. The molecule has 140 valence electrons. The third-order valence-corrected chi connectivity index (χ3v) is 6.28. The number of para-hydroxylation sites is 1. The summed E-state index contributed by atoms with van der Waals surface area (Å²) in [5.41, 5.74) is 6.02. The van der Waals surface area contributed by atoms with Crippen LogP contribution < -0.4 is 4.90 Å². The van der Waals surface area contributed by atoms with Crippen molar-refractivity contribution in [2.24, 2.45) is 0 Å². The topological polar surface area (TPSA) is 22.3 Å². The van der Waals surface area contributed by atoms with Gasteiger partial charge in [0.25, 0.3) is 0 Å². The van der Waals surface area contributed by atoms with Crippen molar-refractivity contribution in [1.82, 2.24) is 9.55 Å². The van der Waals surface area contributed by atoms with Gasteiger partial charge in [0.15, 0.2) is 12.4 Å². The van der Waals surface area contributed by atoms with Crippen LogP contribution in [0.15, 0.2) is 73.2 Å². The van der Waals surface area contributed by atoms with E-state index in [0.717, 1.165) is 15.8 Å². The molecule has 0 saturated carbocycles. The van der Waals surface area contributed by atoms with Crippen molar-refractivity contribution in [3.05, 3.63) is 78.8 Å².